The molecule has 3 heteroatoms. The summed E-state index contributed by atoms with van der Waals surface area (Å²) in [4.78, 5) is 3.41. The minimum Gasteiger partial charge on any atom is -0.363 e. The number of pyridine rings is 1. The van der Waals surface area contributed by atoms with E-state index >= 15 is 0 Å². The second-order valence-electron chi connectivity index (χ2n) is 1.44. The average Bonchev–Trinajstić information content (AvgIpc) is 2.19. The molecule has 1 aromatic rings. The van der Waals surface area contributed by atoms with E-state index in [4.69, 9.17) is 23.9 Å². The average molecular weight is 166 g/mol. The standard InChI is InChI=1S/C7H9ClN2/c1-10(2)7-5-3-4-6(8)9-7/h3-5H,1-2H3/i1D3,2D3,3D,4D,5D. The van der Waals surface area contributed by atoms with Crippen LogP contribution in [0.15, 0.2) is 18.1 Å². The lowest BCUT2D eigenvalue weighted by Gasteiger charge is -2.09. The molecule has 0 amide bonds. The van der Waals surface area contributed by atoms with E-state index in [9.17, 15) is 0 Å². The quantitative estimate of drug-likeness (QED) is 0.590. The first-order valence-corrected chi connectivity index (χ1v) is 2.68. The van der Waals surface area contributed by atoms with Crippen molar-refractivity contribution in [2.45, 2.75) is 0 Å². The first-order chi connectivity index (χ1) is 8.37. The maximum absolute atomic E-state index is 7.55. The van der Waals surface area contributed by atoms with Gasteiger partial charge in [0.2, 0.25) is 0 Å². The van der Waals surface area contributed by atoms with Crippen molar-refractivity contribution < 1.29 is 12.3 Å². The minimum absolute atomic E-state index is 0.0360. The maximum Gasteiger partial charge on any atom is 0.131 e. The summed E-state index contributed by atoms with van der Waals surface area (Å²) in [6.07, 6.45) is 0. The minimum atomic E-state index is -3.09. The van der Waals surface area contributed by atoms with Gasteiger partial charge in [0, 0.05) is 22.2 Å². The highest BCUT2D eigenvalue weighted by atomic mass is 35.5. The summed E-state index contributed by atoms with van der Waals surface area (Å²) >= 11 is 5.54. The van der Waals surface area contributed by atoms with E-state index in [-0.39, 0.29) is 4.90 Å². The predicted molar refractivity (Wildman–Crippen MR) is 43.6 cm³/mol. The lowest BCUT2D eigenvalue weighted by molar-refractivity contribution is 1.07. The van der Waals surface area contributed by atoms with Crippen LogP contribution in [0.4, 0.5) is 5.82 Å². The van der Waals surface area contributed by atoms with E-state index in [1.165, 1.54) is 0 Å². The Bertz CT molecular complexity index is 481. The van der Waals surface area contributed by atoms with Crippen LogP contribution >= 0.6 is 11.6 Å². The van der Waals surface area contributed by atoms with Crippen LogP contribution in [0.2, 0.25) is 5.15 Å². The summed E-state index contributed by atoms with van der Waals surface area (Å²) in [5, 5.41) is -0.533. The molecule has 0 aromatic carbocycles. The summed E-state index contributed by atoms with van der Waals surface area (Å²) < 4.78 is 65.5. The Labute approximate surface area is 78.1 Å². The third-order valence-corrected chi connectivity index (χ3v) is 0.935. The summed E-state index contributed by atoms with van der Waals surface area (Å²) in [5.41, 5.74) is 0. The SMILES string of the molecule is [2H]c1c(Cl)nc(N(C([2H])([2H])[2H])C([2H])([2H])[2H])c([2H])c1[2H]. The molecule has 1 heterocycles. The molecule has 0 aliphatic carbocycles. The normalized spacial score (nSPS) is 25.1. The van der Waals surface area contributed by atoms with Crippen molar-refractivity contribution in [3.63, 3.8) is 0 Å². The number of halogens is 1. The Morgan fingerprint density at radius 2 is 2.50 bits per heavy atom. The van der Waals surface area contributed by atoms with Gasteiger partial charge in [-0.25, -0.2) is 4.98 Å². The van der Waals surface area contributed by atoms with Gasteiger partial charge in [0.1, 0.15) is 11.0 Å². The lowest BCUT2D eigenvalue weighted by atomic mass is 10.4. The Morgan fingerprint density at radius 3 is 3.20 bits per heavy atom. The Morgan fingerprint density at radius 1 is 1.70 bits per heavy atom. The monoisotopic (exact) mass is 165 g/mol. The first kappa shape index (κ1) is 1.89. The summed E-state index contributed by atoms with van der Waals surface area (Å²) in [6.45, 7) is -6.18. The Kier molecular flexibility index (Phi) is 0.544. The Balaban J connectivity index is 3.58. The highest BCUT2D eigenvalue weighted by molar-refractivity contribution is 6.29. The van der Waals surface area contributed by atoms with Crippen molar-refractivity contribution in [2.24, 2.45) is 0 Å². The fourth-order valence-corrected chi connectivity index (χ4v) is 0.521. The van der Waals surface area contributed by atoms with Gasteiger partial charge in [-0.2, -0.15) is 0 Å². The highest BCUT2D eigenvalue weighted by Crippen LogP contribution is 2.10. The highest BCUT2D eigenvalue weighted by Gasteiger charge is 1.94. The topological polar surface area (TPSA) is 16.1 Å². The van der Waals surface area contributed by atoms with Gasteiger partial charge in [0.15, 0.2) is 0 Å². The van der Waals surface area contributed by atoms with Gasteiger partial charge < -0.3 is 4.90 Å². The van der Waals surface area contributed by atoms with Crippen LogP contribution in [0.25, 0.3) is 0 Å². The number of nitrogens with zero attached hydrogens (tertiary/aromatic N) is 2. The molecule has 1 aromatic heterocycles. The number of anilines is 1. The second-order valence-corrected chi connectivity index (χ2v) is 1.79. The zero-order chi connectivity index (χ0) is 15.2. The van der Waals surface area contributed by atoms with Crippen molar-refractivity contribution in [3.05, 3.63) is 23.3 Å². The molecule has 2 nitrogen and oxygen atoms in total. The van der Waals surface area contributed by atoms with Crippen LogP contribution < -0.4 is 4.90 Å². The summed E-state index contributed by atoms with van der Waals surface area (Å²) in [6, 6.07) is -2.03. The van der Waals surface area contributed by atoms with E-state index in [1.807, 2.05) is 0 Å². The molecule has 0 saturated heterocycles. The van der Waals surface area contributed by atoms with E-state index in [0.29, 0.717) is 0 Å². The molecule has 0 bridgehead atoms. The number of hydrogen-bond donors (Lipinski definition) is 0. The van der Waals surface area contributed by atoms with Gasteiger partial charge in [-0.1, -0.05) is 17.6 Å². The van der Waals surface area contributed by atoms with Crippen LogP contribution in [0.5, 0.6) is 0 Å². The molecule has 0 radical (unpaired) electrons. The summed E-state index contributed by atoms with van der Waals surface area (Å²) in [7, 11) is 0. The largest absolute Gasteiger partial charge is 0.363 e. The fraction of sp³-hybridized carbons (Fsp3) is 0.286. The molecule has 0 spiro atoms. The van der Waals surface area contributed by atoms with Crippen LogP contribution in [0, 0.1) is 0 Å². The van der Waals surface area contributed by atoms with Crippen molar-refractivity contribution in [1.82, 2.24) is 4.98 Å². The van der Waals surface area contributed by atoms with Crippen LogP contribution in [-0.4, -0.2) is 18.9 Å². The molecule has 0 atom stereocenters. The predicted octanol–water partition coefficient (Wildman–Crippen LogP) is 1.80. The van der Waals surface area contributed by atoms with Crippen molar-refractivity contribution in [1.29, 1.82) is 0 Å². The Hall–Kier alpha value is -0.760. The molecular weight excluding hydrogens is 148 g/mol. The lowest BCUT2D eigenvalue weighted by Crippen LogP contribution is -2.09. The van der Waals surface area contributed by atoms with Crippen molar-refractivity contribution in [3.8, 4) is 0 Å². The summed E-state index contributed by atoms with van der Waals surface area (Å²) in [5.74, 6) is -0.772. The molecule has 0 N–H and O–H groups in total. The van der Waals surface area contributed by atoms with E-state index in [0.717, 1.165) is 0 Å². The van der Waals surface area contributed by atoms with Gasteiger partial charge in [-0.3, -0.25) is 0 Å². The fourth-order valence-electron chi connectivity index (χ4n) is 0.394. The van der Waals surface area contributed by atoms with Gasteiger partial charge >= 0.3 is 0 Å². The molecule has 0 fully saturated rings. The number of aromatic nitrogens is 1. The van der Waals surface area contributed by atoms with Crippen molar-refractivity contribution >= 4 is 17.4 Å². The third kappa shape index (κ3) is 1.61. The van der Waals surface area contributed by atoms with Gasteiger partial charge in [-0.15, -0.1) is 0 Å². The van der Waals surface area contributed by atoms with E-state index in [2.05, 4.69) is 4.98 Å². The smallest absolute Gasteiger partial charge is 0.131 e. The van der Waals surface area contributed by atoms with Gasteiger partial charge in [-0.05, 0) is 12.1 Å². The molecule has 0 aliphatic heterocycles. The molecule has 10 heavy (non-hydrogen) atoms. The van der Waals surface area contributed by atoms with E-state index < -0.39 is 43.0 Å². The molecule has 0 unspecified atom stereocenters. The zero-order valence-electron chi connectivity index (χ0n) is 13.8. The van der Waals surface area contributed by atoms with Crippen LogP contribution in [-0.2, 0) is 0 Å². The number of hydrogen-bond acceptors (Lipinski definition) is 2. The maximum atomic E-state index is 7.55. The van der Waals surface area contributed by atoms with Crippen molar-refractivity contribution in [2.75, 3.05) is 18.9 Å². The molecular formula is C7H9ClN2. The van der Waals surface area contributed by atoms with Crippen LogP contribution in [0.1, 0.15) is 12.3 Å². The molecule has 54 valence electrons. The molecule has 0 saturated carbocycles. The van der Waals surface area contributed by atoms with Crippen LogP contribution in [0.3, 0.4) is 0 Å². The van der Waals surface area contributed by atoms with Gasteiger partial charge in [0.05, 0.1) is 4.11 Å². The number of rotatable bonds is 1. The second kappa shape index (κ2) is 2.88. The third-order valence-electron chi connectivity index (χ3n) is 0.756. The molecule has 0 aliphatic rings. The molecule has 1 rings (SSSR count). The van der Waals surface area contributed by atoms with E-state index in [1.54, 1.807) is 0 Å². The first-order valence-electron chi connectivity index (χ1n) is 6.81. The zero-order valence-corrected chi connectivity index (χ0v) is 5.53. The van der Waals surface area contributed by atoms with Gasteiger partial charge in [0.25, 0.3) is 0 Å².